The molecule has 2 rings (SSSR count). The van der Waals surface area contributed by atoms with Gasteiger partial charge in [0.1, 0.15) is 0 Å². The maximum absolute atomic E-state index is 5.88. The Bertz CT molecular complexity index is 414. The molecule has 0 N–H and O–H groups in total. The lowest BCUT2D eigenvalue weighted by molar-refractivity contribution is 0.525. The topological polar surface area (TPSA) is 29.0 Å². The second kappa shape index (κ2) is 6.56. The Hall–Kier alpha value is -0.830. The molecule has 1 fully saturated rings. The average Bonchev–Trinajstić information content (AvgIpc) is 2.89. The van der Waals surface area contributed by atoms with Gasteiger partial charge in [0.15, 0.2) is 0 Å². The highest BCUT2D eigenvalue weighted by Crippen LogP contribution is 2.27. The SMILES string of the molecule is Cc1nc(N(CC(C)C)C2CCCC2)ncc1CCl. The number of aryl methyl sites for hydroxylation is 1. The van der Waals surface area contributed by atoms with Crippen molar-refractivity contribution in [2.75, 3.05) is 11.4 Å². The minimum absolute atomic E-state index is 0.486. The summed E-state index contributed by atoms with van der Waals surface area (Å²) >= 11 is 5.88. The molecular formula is C15H24ClN3. The van der Waals surface area contributed by atoms with Crippen LogP contribution in [-0.2, 0) is 5.88 Å². The molecule has 1 aliphatic rings. The van der Waals surface area contributed by atoms with E-state index in [1.165, 1.54) is 25.7 Å². The predicted octanol–water partition coefficient (Wildman–Crippen LogP) is 3.93. The zero-order chi connectivity index (χ0) is 13.8. The van der Waals surface area contributed by atoms with Crippen LogP contribution in [0, 0.1) is 12.8 Å². The van der Waals surface area contributed by atoms with E-state index in [-0.39, 0.29) is 0 Å². The molecule has 0 unspecified atom stereocenters. The smallest absolute Gasteiger partial charge is 0.225 e. The van der Waals surface area contributed by atoms with Crippen molar-refractivity contribution in [1.29, 1.82) is 0 Å². The molecule has 4 heteroatoms. The van der Waals surface area contributed by atoms with Crippen LogP contribution in [0.5, 0.6) is 0 Å². The monoisotopic (exact) mass is 281 g/mol. The van der Waals surface area contributed by atoms with Crippen molar-refractivity contribution >= 4 is 17.5 Å². The summed E-state index contributed by atoms with van der Waals surface area (Å²) in [6.45, 7) is 7.55. The lowest BCUT2D eigenvalue weighted by Gasteiger charge is -2.30. The number of anilines is 1. The number of alkyl halides is 1. The molecule has 0 atom stereocenters. The van der Waals surface area contributed by atoms with E-state index in [2.05, 4.69) is 28.7 Å². The van der Waals surface area contributed by atoms with E-state index in [1.54, 1.807) is 0 Å². The molecule has 19 heavy (non-hydrogen) atoms. The van der Waals surface area contributed by atoms with Crippen molar-refractivity contribution in [2.45, 2.75) is 58.4 Å². The average molecular weight is 282 g/mol. The zero-order valence-corrected chi connectivity index (χ0v) is 13.0. The van der Waals surface area contributed by atoms with Crippen molar-refractivity contribution in [3.63, 3.8) is 0 Å². The first-order valence-corrected chi connectivity index (χ1v) is 7.80. The van der Waals surface area contributed by atoms with Crippen molar-refractivity contribution in [2.24, 2.45) is 5.92 Å². The van der Waals surface area contributed by atoms with Gasteiger partial charge in [0.05, 0.1) is 5.88 Å². The molecule has 3 nitrogen and oxygen atoms in total. The maximum Gasteiger partial charge on any atom is 0.225 e. The second-order valence-corrected chi connectivity index (χ2v) is 6.17. The van der Waals surface area contributed by atoms with E-state index in [9.17, 15) is 0 Å². The first-order chi connectivity index (χ1) is 9.11. The number of rotatable bonds is 5. The van der Waals surface area contributed by atoms with Crippen LogP contribution < -0.4 is 4.90 Å². The van der Waals surface area contributed by atoms with E-state index >= 15 is 0 Å². The van der Waals surface area contributed by atoms with Gasteiger partial charge in [-0.15, -0.1) is 11.6 Å². The minimum Gasteiger partial charge on any atom is -0.338 e. The van der Waals surface area contributed by atoms with E-state index < -0.39 is 0 Å². The Morgan fingerprint density at radius 2 is 2.05 bits per heavy atom. The summed E-state index contributed by atoms with van der Waals surface area (Å²) in [5.41, 5.74) is 2.04. The van der Waals surface area contributed by atoms with Crippen LogP contribution in [-0.4, -0.2) is 22.6 Å². The lowest BCUT2D eigenvalue weighted by Crippen LogP contribution is -2.37. The van der Waals surface area contributed by atoms with Crippen LogP contribution in [0.25, 0.3) is 0 Å². The van der Waals surface area contributed by atoms with E-state index in [0.29, 0.717) is 17.8 Å². The minimum atomic E-state index is 0.486. The number of halogens is 1. The Morgan fingerprint density at radius 1 is 1.37 bits per heavy atom. The van der Waals surface area contributed by atoms with Gasteiger partial charge in [-0.3, -0.25) is 0 Å². The number of nitrogens with zero attached hydrogens (tertiary/aromatic N) is 3. The van der Waals surface area contributed by atoms with Gasteiger partial charge in [0.25, 0.3) is 0 Å². The van der Waals surface area contributed by atoms with Crippen LogP contribution in [0.4, 0.5) is 5.95 Å². The Morgan fingerprint density at radius 3 is 2.58 bits per heavy atom. The number of hydrogen-bond acceptors (Lipinski definition) is 3. The van der Waals surface area contributed by atoms with Gasteiger partial charge in [-0.25, -0.2) is 9.97 Å². The molecule has 1 aromatic rings. The summed E-state index contributed by atoms with van der Waals surface area (Å²) in [5, 5.41) is 0. The molecule has 1 aliphatic carbocycles. The summed E-state index contributed by atoms with van der Waals surface area (Å²) in [6.07, 6.45) is 7.09. The van der Waals surface area contributed by atoms with Crippen LogP contribution in [0.2, 0.25) is 0 Å². The second-order valence-electron chi connectivity index (χ2n) is 5.90. The molecule has 1 saturated carbocycles. The molecule has 0 aromatic carbocycles. The molecule has 106 valence electrons. The highest BCUT2D eigenvalue weighted by Gasteiger charge is 2.25. The number of aromatic nitrogens is 2. The van der Waals surface area contributed by atoms with E-state index in [4.69, 9.17) is 11.6 Å². The third-order valence-electron chi connectivity index (χ3n) is 3.80. The third kappa shape index (κ3) is 3.59. The fourth-order valence-corrected chi connectivity index (χ4v) is 3.02. The normalized spacial score (nSPS) is 16.3. The van der Waals surface area contributed by atoms with Gasteiger partial charge in [-0.05, 0) is 25.7 Å². The van der Waals surface area contributed by atoms with Crippen molar-refractivity contribution in [1.82, 2.24) is 9.97 Å². The molecule has 0 aliphatic heterocycles. The van der Waals surface area contributed by atoms with Crippen LogP contribution in [0.1, 0.15) is 50.8 Å². The molecular weight excluding hydrogens is 258 g/mol. The lowest BCUT2D eigenvalue weighted by atomic mass is 10.1. The molecule has 1 aromatic heterocycles. The Kier molecular flexibility index (Phi) is 5.03. The van der Waals surface area contributed by atoms with Gasteiger partial charge >= 0.3 is 0 Å². The molecule has 0 saturated heterocycles. The highest BCUT2D eigenvalue weighted by atomic mass is 35.5. The largest absolute Gasteiger partial charge is 0.338 e. The predicted molar refractivity (Wildman–Crippen MR) is 80.8 cm³/mol. The quantitative estimate of drug-likeness (QED) is 0.766. The molecule has 0 spiro atoms. The summed E-state index contributed by atoms with van der Waals surface area (Å²) < 4.78 is 0. The molecule has 0 bridgehead atoms. The zero-order valence-electron chi connectivity index (χ0n) is 12.2. The van der Waals surface area contributed by atoms with Crippen LogP contribution in [0.15, 0.2) is 6.20 Å². The van der Waals surface area contributed by atoms with Gasteiger partial charge in [-0.1, -0.05) is 26.7 Å². The molecule has 1 heterocycles. The van der Waals surface area contributed by atoms with Gasteiger partial charge in [0, 0.05) is 30.0 Å². The maximum atomic E-state index is 5.88. The van der Waals surface area contributed by atoms with E-state index in [0.717, 1.165) is 23.8 Å². The Balaban J connectivity index is 2.23. The van der Waals surface area contributed by atoms with Crippen molar-refractivity contribution in [3.8, 4) is 0 Å². The van der Waals surface area contributed by atoms with Crippen molar-refractivity contribution < 1.29 is 0 Å². The van der Waals surface area contributed by atoms with Crippen LogP contribution >= 0.6 is 11.6 Å². The van der Waals surface area contributed by atoms with Gasteiger partial charge < -0.3 is 4.90 Å². The van der Waals surface area contributed by atoms with Crippen molar-refractivity contribution in [3.05, 3.63) is 17.5 Å². The number of hydrogen-bond donors (Lipinski definition) is 0. The Labute approximate surface area is 121 Å². The fourth-order valence-electron chi connectivity index (χ4n) is 2.75. The first-order valence-electron chi connectivity index (χ1n) is 7.27. The molecule has 0 amide bonds. The summed E-state index contributed by atoms with van der Waals surface area (Å²) in [4.78, 5) is 11.6. The fraction of sp³-hybridized carbons (Fsp3) is 0.733. The third-order valence-corrected chi connectivity index (χ3v) is 4.08. The van der Waals surface area contributed by atoms with E-state index in [1.807, 2.05) is 13.1 Å². The standard InChI is InChI=1S/C15H24ClN3/c1-11(2)10-19(14-6-4-5-7-14)15-17-9-13(8-16)12(3)18-15/h9,11,14H,4-8,10H2,1-3H3. The van der Waals surface area contributed by atoms with Gasteiger partial charge in [0.2, 0.25) is 5.95 Å². The summed E-state index contributed by atoms with van der Waals surface area (Å²) in [6, 6.07) is 0.614. The summed E-state index contributed by atoms with van der Waals surface area (Å²) in [5.74, 6) is 1.99. The summed E-state index contributed by atoms with van der Waals surface area (Å²) in [7, 11) is 0. The molecule has 0 radical (unpaired) electrons. The highest BCUT2D eigenvalue weighted by molar-refractivity contribution is 6.17. The van der Waals surface area contributed by atoms with Crippen LogP contribution in [0.3, 0.4) is 0 Å². The first kappa shape index (κ1) is 14.6. The van der Waals surface area contributed by atoms with Gasteiger partial charge in [-0.2, -0.15) is 0 Å².